The largest absolute Gasteiger partial charge is 0.261 e. The van der Waals surface area contributed by atoms with E-state index in [4.69, 9.17) is 0 Å². The van der Waals surface area contributed by atoms with Crippen molar-refractivity contribution in [3.05, 3.63) is 57.8 Å². The molecule has 18 heavy (non-hydrogen) atoms. The first kappa shape index (κ1) is 11.8. The van der Waals surface area contributed by atoms with E-state index in [9.17, 15) is 0 Å². The Balaban J connectivity index is 1.82. The first-order valence-corrected chi connectivity index (χ1v) is 7.42. The molecule has 0 aliphatic rings. The van der Waals surface area contributed by atoms with Gasteiger partial charge >= 0.3 is 0 Å². The summed E-state index contributed by atoms with van der Waals surface area (Å²) >= 11 is 5.26. The lowest BCUT2D eigenvalue weighted by Crippen LogP contribution is -1.93. The molecule has 90 valence electrons. The Morgan fingerprint density at radius 2 is 2.06 bits per heavy atom. The number of aryl methyl sites for hydroxylation is 2. The Labute approximate surface area is 118 Å². The summed E-state index contributed by atoms with van der Waals surface area (Å²) in [5.41, 5.74) is 5.40. The molecule has 2 heterocycles. The smallest absolute Gasteiger partial charge is 0.0954 e. The molecule has 0 amide bonds. The Kier molecular flexibility index (Phi) is 3.39. The highest BCUT2D eigenvalue weighted by Gasteiger charge is 2.05. The third-order valence-corrected chi connectivity index (χ3v) is 4.23. The van der Waals surface area contributed by atoms with Crippen LogP contribution in [-0.2, 0) is 12.8 Å². The molecule has 0 saturated heterocycles. The van der Waals surface area contributed by atoms with Gasteiger partial charge in [0, 0.05) is 16.4 Å². The number of fused-ring (bicyclic) bond motifs is 1. The molecule has 0 aliphatic heterocycles. The van der Waals surface area contributed by atoms with Crippen molar-refractivity contribution in [1.82, 2.24) is 9.97 Å². The zero-order valence-corrected chi connectivity index (χ0v) is 12.0. The number of halogens is 1. The quantitative estimate of drug-likeness (QED) is 0.722. The zero-order valence-electron chi connectivity index (χ0n) is 9.64. The van der Waals surface area contributed by atoms with Crippen molar-refractivity contribution in [2.75, 3.05) is 0 Å². The highest BCUT2D eigenvalue weighted by atomic mass is 79.9. The van der Waals surface area contributed by atoms with Gasteiger partial charge in [-0.1, -0.05) is 6.07 Å². The van der Waals surface area contributed by atoms with E-state index >= 15 is 0 Å². The number of nitrogens with zero attached hydrogens (tertiary/aromatic N) is 2. The molecule has 0 spiro atoms. The third-order valence-electron chi connectivity index (χ3n) is 2.85. The molecule has 3 rings (SSSR count). The predicted octanol–water partition coefficient (Wildman–Crippen LogP) is 4.24. The Hall–Kier alpha value is -1.26. The Bertz CT molecular complexity index is 664. The van der Waals surface area contributed by atoms with E-state index in [1.807, 2.05) is 23.8 Å². The molecule has 2 nitrogen and oxygen atoms in total. The van der Waals surface area contributed by atoms with E-state index in [-0.39, 0.29) is 0 Å². The molecule has 2 aromatic heterocycles. The molecule has 0 bridgehead atoms. The second-order valence-corrected chi connectivity index (χ2v) is 5.84. The summed E-state index contributed by atoms with van der Waals surface area (Å²) in [7, 11) is 0. The standard InChI is InChI=1S/C14H11BrN2S/c15-12-7-10(8-13-14(12)17-9-18-13)4-5-11-3-1-2-6-16-11/h1-3,6-9H,4-5H2. The van der Waals surface area contributed by atoms with Gasteiger partial charge in [-0.15, -0.1) is 11.3 Å². The number of thiazole rings is 1. The summed E-state index contributed by atoms with van der Waals surface area (Å²) in [5.74, 6) is 0. The van der Waals surface area contributed by atoms with E-state index < -0.39 is 0 Å². The van der Waals surface area contributed by atoms with E-state index in [0.717, 1.165) is 28.5 Å². The minimum atomic E-state index is 0.970. The molecule has 0 aliphatic carbocycles. The number of rotatable bonds is 3. The van der Waals surface area contributed by atoms with Gasteiger partial charge in [0.15, 0.2) is 0 Å². The van der Waals surface area contributed by atoms with E-state index in [0.29, 0.717) is 0 Å². The molecule has 0 radical (unpaired) electrons. The molecule has 0 atom stereocenters. The summed E-state index contributed by atoms with van der Waals surface area (Å²) in [4.78, 5) is 8.68. The number of benzene rings is 1. The molecular weight excluding hydrogens is 308 g/mol. The van der Waals surface area contributed by atoms with Crippen molar-refractivity contribution in [3.63, 3.8) is 0 Å². The van der Waals surface area contributed by atoms with Crippen LogP contribution in [-0.4, -0.2) is 9.97 Å². The molecule has 0 saturated carbocycles. The summed E-state index contributed by atoms with van der Waals surface area (Å²) in [6.45, 7) is 0. The predicted molar refractivity (Wildman–Crippen MR) is 79.0 cm³/mol. The molecular formula is C14H11BrN2S. The van der Waals surface area contributed by atoms with Gasteiger partial charge in [-0.3, -0.25) is 4.98 Å². The lowest BCUT2D eigenvalue weighted by Gasteiger charge is -2.03. The lowest BCUT2D eigenvalue weighted by atomic mass is 10.1. The molecule has 0 unspecified atom stereocenters. The number of hydrogen-bond donors (Lipinski definition) is 0. The van der Waals surface area contributed by atoms with Crippen molar-refractivity contribution >= 4 is 37.5 Å². The van der Waals surface area contributed by atoms with Gasteiger partial charge in [0.2, 0.25) is 0 Å². The van der Waals surface area contributed by atoms with Gasteiger partial charge in [0.05, 0.1) is 15.7 Å². The number of aromatic nitrogens is 2. The van der Waals surface area contributed by atoms with Crippen LogP contribution < -0.4 is 0 Å². The summed E-state index contributed by atoms with van der Waals surface area (Å²) in [6.07, 6.45) is 3.82. The van der Waals surface area contributed by atoms with Gasteiger partial charge in [0.1, 0.15) is 0 Å². The Morgan fingerprint density at radius 1 is 1.11 bits per heavy atom. The average molecular weight is 319 g/mol. The molecule has 4 heteroatoms. The minimum Gasteiger partial charge on any atom is -0.261 e. The topological polar surface area (TPSA) is 25.8 Å². The van der Waals surface area contributed by atoms with Crippen LogP contribution in [0.4, 0.5) is 0 Å². The van der Waals surface area contributed by atoms with Crippen molar-refractivity contribution in [2.24, 2.45) is 0 Å². The van der Waals surface area contributed by atoms with Crippen LogP contribution >= 0.6 is 27.3 Å². The van der Waals surface area contributed by atoms with Crippen LogP contribution in [0.2, 0.25) is 0 Å². The van der Waals surface area contributed by atoms with Crippen LogP contribution in [0.3, 0.4) is 0 Å². The molecule has 0 fully saturated rings. The van der Waals surface area contributed by atoms with Crippen molar-refractivity contribution in [3.8, 4) is 0 Å². The molecule has 3 aromatic rings. The van der Waals surface area contributed by atoms with Gasteiger partial charge in [0.25, 0.3) is 0 Å². The van der Waals surface area contributed by atoms with Gasteiger partial charge in [-0.25, -0.2) is 4.98 Å². The second-order valence-electron chi connectivity index (χ2n) is 4.10. The van der Waals surface area contributed by atoms with Crippen LogP contribution in [0, 0.1) is 0 Å². The highest BCUT2D eigenvalue weighted by molar-refractivity contribution is 9.10. The van der Waals surface area contributed by atoms with Crippen LogP contribution in [0.1, 0.15) is 11.3 Å². The maximum absolute atomic E-state index is 4.35. The fourth-order valence-corrected chi connectivity index (χ4v) is 3.45. The second kappa shape index (κ2) is 5.16. The average Bonchev–Trinajstić information content (AvgIpc) is 2.86. The van der Waals surface area contributed by atoms with E-state index in [1.54, 1.807) is 11.3 Å². The first-order chi connectivity index (χ1) is 8.83. The highest BCUT2D eigenvalue weighted by Crippen LogP contribution is 2.28. The summed E-state index contributed by atoms with van der Waals surface area (Å²) in [6, 6.07) is 10.4. The van der Waals surface area contributed by atoms with Crippen molar-refractivity contribution in [1.29, 1.82) is 0 Å². The Morgan fingerprint density at radius 3 is 2.89 bits per heavy atom. The molecule has 1 aromatic carbocycles. The minimum absolute atomic E-state index is 0.970. The maximum atomic E-state index is 4.35. The summed E-state index contributed by atoms with van der Waals surface area (Å²) < 4.78 is 2.32. The fourth-order valence-electron chi connectivity index (χ4n) is 1.94. The summed E-state index contributed by atoms with van der Waals surface area (Å²) in [5, 5.41) is 0. The van der Waals surface area contributed by atoms with Crippen LogP contribution in [0.25, 0.3) is 10.2 Å². The van der Waals surface area contributed by atoms with Crippen molar-refractivity contribution < 1.29 is 0 Å². The van der Waals surface area contributed by atoms with Gasteiger partial charge < -0.3 is 0 Å². The number of hydrogen-bond acceptors (Lipinski definition) is 3. The lowest BCUT2D eigenvalue weighted by molar-refractivity contribution is 0.915. The fraction of sp³-hybridized carbons (Fsp3) is 0.143. The van der Waals surface area contributed by atoms with E-state index in [2.05, 4.69) is 44.1 Å². The molecule has 0 N–H and O–H groups in total. The van der Waals surface area contributed by atoms with Gasteiger partial charge in [-0.05, 0) is 58.6 Å². The maximum Gasteiger partial charge on any atom is 0.0954 e. The van der Waals surface area contributed by atoms with E-state index in [1.165, 1.54) is 10.3 Å². The number of pyridine rings is 1. The monoisotopic (exact) mass is 318 g/mol. The SMILES string of the molecule is Brc1cc(CCc2ccccn2)cc2scnc12. The first-order valence-electron chi connectivity index (χ1n) is 5.74. The van der Waals surface area contributed by atoms with Gasteiger partial charge in [-0.2, -0.15) is 0 Å². The normalized spacial score (nSPS) is 10.9. The zero-order chi connectivity index (χ0) is 12.4. The third kappa shape index (κ3) is 2.44. The van der Waals surface area contributed by atoms with Crippen molar-refractivity contribution in [2.45, 2.75) is 12.8 Å². The van der Waals surface area contributed by atoms with Crippen LogP contribution in [0.5, 0.6) is 0 Å². The van der Waals surface area contributed by atoms with Crippen LogP contribution in [0.15, 0.2) is 46.5 Å².